The van der Waals surface area contributed by atoms with E-state index in [1.54, 1.807) is 31.3 Å². The summed E-state index contributed by atoms with van der Waals surface area (Å²) in [5, 5.41) is 7.49. The SMILES string of the molecule is CC(=O)c1ccc(NC(=O)CN2CCC(c3nn(C)c(=O)n3C3CCCC3)CC2)cc1. The number of aromatic nitrogens is 3. The smallest absolute Gasteiger partial charge is 0.325 e. The van der Waals surface area contributed by atoms with Crippen molar-refractivity contribution in [3.8, 4) is 0 Å². The van der Waals surface area contributed by atoms with Gasteiger partial charge in [0, 0.05) is 30.3 Å². The average molecular weight is 426 g/mol. The zero-order valence-electron chi connectivity index (χ0n) is 18.3. The van der Waals surface area contributed by atoms with Crippen molar-refractivity contribution in [2.75, 3.05) is 25.0 Å². The van der Waals surface area contributed by atoms with Gasteiger partial charge in [-0.2, -0.15) is 5.10 Å². The highest BCUT2D eigenvalue weighted by Crippen LogP contribution is 2.33. The van der Waals surface area contributed by atoms with E-state index in [1.165, 1.54) is 24.4 Å². The van der Waals surface area contributed by atoms with E-state index in [0.29, 0.717) is 17.8 Å². The summed E-state index contributed by atoms with van der Waals surface area (Å²) >= 11 is 0. The molecule has 0 unspecified atom stereocenters. The number of hydrogen-bond acceptors (Lipinski definition) is 5. The number of carbonyl (C=O) groups excluding carboxylic acids is 2. The second kappa shape index (κ2) is 9.18. The Bertz CT molecular complexity index is 993. The van der Waals surface area contributed by atoms with Crippen molar-refractivity contribution < 1.29 is 9.59 Å². The largest absolute Gasteiger partial charge is 0.345 e. The van der Waals surface area contributed by atoms with Crippen molar-refractivity contribution in [2.24, 2.45) is 7.05 Å². The van der Waals surface area contributed by atoms with Gasteiger partial charge >= 0.3 is 5.69 Å². The van der Waals surface area contributed by atoms with E-state index in [1.807, 2.05) is 4.57 Å². The molecule has 166 valence electrons. The number of amides is 1. The van der Waals surface area contributed by atoms with Crippen LogP contribution in [0.5, 0.6) is 0 Å². The number of Topliss-reactive ketones (excluding diaryl/α,β-unsaturated/α-hetero) is 1. The van der Waals surface area contributed by atoms with Crippen molar-refractivity contribution in [2.45, 2.75) is 57.4 Å². The van der Waals surface area contributed by atoms with Crippen LogP contribution < -0.4 is 11.0 Å². The topological polar surface area (TPSA) is 89.2 Å². The van der Waals surface area contributed by atoms with Crippen LogP contribution in [0.3, 0.4) is 0 Å². The molecule has 1 aliphatic heterocycles. The zero-order chi connectivity index (χ0) is 22.0. The Balaban J connectivity index is 1.33. The van der Waals surface area contributed by atoms with Gasteiger partial charge in [0.25, 0.3) is 0 Å². The lowest BCUT2D eigenvalue weighted by Crippen LogP contribution is -2.39. The fraction of sp³-hybridized carbons (Fsp3) is 0.565. The van der Waals surface area contributed by atoms with E-state index in [-0.39, 0.29) is 29.3 Å². The summed E-state index contributed by atoms with van der Waals surface area (Å²) in [5.74, 6) is 1.13. The minimum absolute atomic E-state index is 0.000464. The molecule has 4 rings (SSSR count). The molecule has 0 spiro atoms. The number of likely N-dealkylation sites (tertiary alicyclic amines) is 1. The number of anilines is 1. The van der Waals surface area contributed by atoms with Crippen LogP contribution in [0.2, 0.25) is 0 Å². The van der Waals surface area contributed by atoms with Gasteiger partial charge < -0.3 is 5.32 Å². The van der Waals surface area contributed by atoms with Gasteiger partial charge in [0.2, 0.25) is 5.91 Å². The van der Waals surface area contributed by atoms with Gasteiger partial charge in [0.15, 0.2) is 5.78 Å². The minimum atomic E-state index is -0.0604. The number of benzene rings is 1. The number of piperidine rings is 1. The predicted molar refractivity (Wildman–Crippen MR) is 118 cm³/mol. The molecule has 2 aromatic rings. The summed E-state index contributed by atoms with van der Waals surface area (Å²) in [6.07, 6.45) is 6.26. The lowest BCUT2D eigenvalue weighted by Gasteiger charge is -2.31. The van der Waals surface area contributed by atoms with E-state index in [0.717, 1.165) is 44.6 Å². The van der Waals surface area contributed by atoms with Gasteiger partial charge in [-0.3, -0.25) is 19.1 Å². The highest BCUT2D eigenvalue weighted by molar-refractivity contribution is 5.96. The summed E-state index contributed by atoms with van der Waals surface area (Å²) in [7, 11) is 1.74. The monoisotopic (exact) mass is 425 g/mol. The number of nitrogens with zero attached hydrogens (tertiary/aromatic N) is 4. The van der Waals surface area contributed by atoms with Gasteiger partial charge in [-0.1, -0.05) is 12.8 Å². The number of hydrogen-bond donors (Lipinski definition) is 1. The summed E-state index contributed by atoms with van der Waals surface area (Å²) in [6, 6.07) is 7.24. The van der Waals surface area contributed by atoms with Crippen molar-refractivity contribution in [1.82, 2.24) is 19.2 Å². The van der Waals surface area contributed by atoms with Gasteiger partial charge in [-0.05, 0) is 70.0 Å². The molecule has 8 nitrogen and oxygen atoms in total. The maximum atomic E-state index is 12.6. The quantitative estimate of drug-likeness (QED) is 0.719. The Kier molecular flexibility index (Phi) is 6.36. The van der Waals surface area contributed by atoms with Crippen molar-refractivity contribution in [1.29, 1.82) is 0 Å². The molecule has 8 heteroatoms. The molecule has 1 N–H and O–H groups in total. The summed E-state index contributed by atoms with van der Waals surface area (Å²) < 4.78 is 3.43. The molecule has 1 saturated carbocycles. The molecule has 0 bridgehead atoms. The summed E-state index contributed by atoms with van der Waals surface area (Å²) in [5.41, 5.74) is 1.32. The third-order valence-electron chi connectivity index (χ3n) is 6.57. The molecule has 0 radical (unpaired) electrons. The highest BCUT2D eigenvalue weighted by Gasteiger charge is 2.30. The van der Waals surface area contributed by atoms with Crippen molar-refractivity contribution in [3.05, 3.63) is 46.1 Å². The molecule has 31 heavy (non-hydrogen) atoms. The average Bonchev–Trinajstić information content (AvgIpc) is 3.37. The Morgan fingerprint density at radius 3 is 2.32 bits per heavy atom. The predicted octanol–water partition coefficient (Wildman–Crippen LogP) is 2.72. The number of nitrogens with one attached hydrogen (secondary N) is 1. The molecule has 1 aliphatic carbocycles. The third kappa shape index (κ3) is 4.79. The molecule has 1 aromatic heterocycles. The van der Waals surface area contributed by atoms with Gasteiger partial charge in [-0.25, -0.2) is 9.48 Å². The fourth-order valence-electron chi connectivity index (χ4n) is 4.82. The van der Waals surface area contributed by atoms with Crippen LogP contribution in [-0.4, -0.2) is 50.6 Å². The molecule has 2 aliphatic rings. The minimum Gasteiger partial charge on any atom is -0.325 e. The van der Waals surface area contributed by atoms with E-state index >= 15 is 0 Å². The molecular weight excluding hydrogens is 394 g/mol. The highest BCUT2D eigenvalue weighted by atomic mass is 16.2. The van der Waals surface area contributed by atoms with Crippen LogP contribution in [-0.2, 0) is 11.8 Å². The van der Waals surface area contributed by atoms with Gasteiger partial charge in [0.05, 0.1) is 6.54 Å². The molecule has 2 fully saturated rings. The van der Waals surface area contributed by atoms with Crippen molar-refractivity contribution in [3.63, 3.8) is 0 Å². The molecular formula is C23H31N5O3. The first-order valence-corrected chi connectivity index (χ1v) is 11.2. The molecule has 1 amide bonds. The molecule has 2 heterocycles. The van der Waals surface area contributed by atoms with E-state index in [4.69, 9.17) is 0 Å². The molecule has 1 aromatic carbocycles. The number of aryl methyl sites for hydroxylation is 1. The molecule has 0 atom stereocenters. The third-order valence-corrected chi connectivity index (χ3v) is 6.57. The second-order valence-electron chi connectivity index (χ2n) is 8.80. The molecule has 1 saturated heterocycles. The van der Waals surface area contributed by atoms with Crippen LogP contribution in [0.1, 0.15) is 73.6 Å². The Hall–Kier alpha value is -2.74. The van der Waals surface area contributed by atoms with Gasteiger partial charge in [0.1, 0.15) is 5.82 Å². The van der Waals surface area contributed by atoms with E-state index in [2.05, 4.69) is 15.3 Å². The number of rotatable bonds is 6. The first-order chi connectivity index (χ1) is 14.9. The van der Waals surface area contributed by atoms with Gasteiger partial charge in [-0.15, -0.1) is 0 Å². The lowest BCUT2D eigenvalue weighted by molar-refractivity contribution is -0.117. The van der Waals surface area contributed by atoms with Crippen LogP contribution in [0, 0.1) is 0 Å². The van der Waals surface area contributed by atoms with Crippen molar-refractivity contribution >= 4 is 17.4 Å². The standard InChI is InChI=1S/C23H31N5O3/c1-16(29)17-7-9-19(10-8-17)24-21(30)15-27-13-11-18(12-14-27)22-25-26(2)23(31)28(22)20-5-3-4-6-20/h7-10,18,20H,3-6,11-15H2,1-2H3,(H,24,30). The first kappa shape index (κ1) is 21.5. The Morgan fingerprint density at radius 1 is 1.06 bits per heavy atom. The lowest BCUT2D eigenvalue weighted by atomic mass is 9.95. The summed E-state index contributed by atoms with van der Waals surface area (Å²) in [6.45, 7) is 3.46. The van der Waals surface area contributed by atoms with Crippen LogP contribution in [0.25, 0.3) is 0 Å². The Labute approximate surface area is 182 Å². The maximum absolute atomic E-state index is 12.6. The second-order valence-corrected chi connectivity index (χ2v) is 8.80. The zero-order valence-corrected chi connectivity index (χ0v) is 18.3. The summed E-state index contributed by atoms with van der Waals surface area (Å²) in [4.78, 5) is 38.6. The van der Waals surface area contributed by atoms with Crippen LogP contribution in [0.4, 0.5) is 5.69 Å². The maximum Gasteiger partial charge on any atom is 0.345 e. The first-order valence-electron chi connectivity index (χ1n) is 11.2. The number of ketones is 1. The number of carbonyl (C=O) groups is 2. The Morgan fingerprint density at radius 2 is 1.71 bits per heavy atom. The van der Waals surface area contributed by atoms with E-state index in [9.17, 15) is 14.4 Å². The van der Waals surface area contributed by atoms with E-state index < -0.39 is 0 Å². The normalized spacial score (nSPS) is 18.4. The van der Waals surface area contributed by atoms with Crippen LogP contribution in [0.15, 0.2) is 29.1 Å². The fourth-order valence-corrected chi connectivity index (χ4v) is 4.82. The van der Waals surface area contributed by atoms with Crippen LogP contribution >= 0.6 is 0 Å².